The number of carboxylic acid groups (broad SMARTS) is 2. The number of nitrogens with zero attached hydrogens (tertiary/aromatic N) is 1. The third-order valence-corrected chi connectivity index (χ3v) is 2.90. The van der Waals surface area contributed by atoms with Crippen molar-refractivity contribution in [2.24, 2.45) is 0 Å². The van der Waals surface area contributed by atoms with Gasteiger partial charge in [-0.05, 0) is 18.1 Å². The second kappa shape index (κ2) is 8.70. The van der Waals surface area contributed by atoms with Crippen molar-refractivity contribution in [3.63, 3.8) is 0 Å². The summed E-state index contributed by atoms with van der Waals surface area (Å²) in [4.78, 5) is 37.3. The van der Waals surface area contributed by atoms with Gasteiger partial charge >= 0.3 is 11.9 Å². The van der Waals surface area contributed by atoms with Gasteiger partial charge in [0.15, 0.2) is 0 Å². The standard InChI is InChI=1S/C13H17N3O6/c17-11(18)4-3-9(13(20)21)15-12(19)10(16-22)6-8-2-1-5-14-7-8/h1-2,5,7,9-10,16,22H,3-4,6H2,(H,15,19)(H,17,18)(H,20,21)/t9-,10-/m0/s1. The second-order valence-electron chi connectivity index (χ2n) is 4.58. The molecule has 0 saturated heterocycles. The average molecular weight is 311 g/mol. The van der Waals surface area contributed by atoms with E-state index in [1.54, 1.807) is 18.3 Å². The summed E-state index contributed by atoms with van der Waals surface area (Å²) < 4.78 is 0. The lowest BCUT2D eigenvalue weighted by Gasteiger charge is -2.19. The minimum Gasteiger partial charge on any atom is -0.481 e. The molecule has 5 N–H and O–H groups in total. The van der Waals surface area contributed by atoms with Crippen LogP contribution in [0.1, 0.15) is 18.4 Å². The van der Waals surface area contributed by atoms with E-state index in [2.05, 4.69) is 10.3 Å². The van der Waals surface area contributed by atoms with Gasteiger partial charge in [0.05, 0.1) is 0 Å². The fourth-order valence-electron chi connectivity index (χ4n) is 1.75. The normalized spacial score (nSPS) is 13.1. The van der Waals surface area contributed by atoms with Crippen molar-refractivity contribution >= 4 is 17.8 Å². The molecule has 0 aromatic carbocycles. The fourth-order valence-corrected chi connectivity index (χ4v) is 1.75. The molecular formula is C13H17N3O6. The molecule has 1 aromatic heterocycles. The van der Waals surface area contributed by atoms with Gasteiger partial charge in [-0.1, -0.05) is 6.07 Å². The lowest BCUT2D eigenvalue weighted by atomic mass is 10.1. The number of hydrogen-bond acceptors (Lipinski definition) is 6. The number of aliphatic carboxylic acids is 2. The number of carbonyl (C=O) groups excluding carboxylic acids is 1. The molecule has 2 atom stereocenters. The van der Waals surface area contributed by atoms with Gasteiger partial charge in [-0.3, -0.25) is 14.6 Å². The quantitative estimate of drug-likeness (QED) is 0.380. The van der Waals surface area contributed by atoms with E-state index in [0.29, 0.717) is 5.56 Å². The van der Waals surface area contributed by atoms with E-state index < -0.39 is 36.4 Å². The molecule has 1 heterocycles. The van der Waals surface area contributed by atoms with Gasteiger partial charge in [0, 0.05) is 25.2 Å². The lowest BCUT2D eigenvalue weighted by molar-refractivity contribution is -0.143. The minimum atomic E-state index is -1.34. The molecule has 0 fully saturated rings. The topological polar surface area (TPSA) is 149 Å². The predicted octanol–water partition coefficient (Wildman–Crippen LogP) is -0.594. The molecule has 22 heavy (non-hydrogen) atoms. The molecule has 0 spiro atoms. The number of amides is 1. The Morgan fingerprint density at radius 1 is 1.23 bits per heavy atom. The van der Waals surface area contributed by atoms with E-state index in [0.717, 1.165) is 0 Å². The first-order valence-electron chi connectivity index (χ1n) is 6.47. The summed E-state index contributed by atoms with van der Waals surface area (Å²) in [5, 5.41) is 28.8. The van der Waals surface area contributed by atoms with Crippen molar-refractivity contribution in [2.75, 3.05) is 0 Å². The van der Waals surface area contributed by atoms with Gasteiger partial charge in [0.1, 0.15) is 12.1 Å². The van der Waals surface area contributed by atoms with Gasteiger partial charge in [0.2, 0.25) is 5.91 Å². The first-order chi connectivity index (χ1) is 10.4. The molecule has 1 rings (SSSR count). The zero-order valence-corrected chi connectivity index (χ0v) is 11.6. The number of rotatable bonds is 9. The minimum absolute atomic E-state index is 0.0987. The lowest BCUT2D eigenvalue weighted by Crippen LogP contribution is -2.50. The van der Waals surface area contributed by atoms with Crippen LogP contribution in [0.25, 0.3) is 0 Å². The molecule has 0 radical (unpaired) electrons. The third kappa shape index (κ3) is 5.85. The van der Waals surface area contributed by atoms with Gasteiger partial charge in [-0.25, -0.2) is 4.79 Å². The molecule has 1 amide bonds. The molecule has 1 aromatic rings. The van der Waals surface area contributed by atoms with Gasteiger partial charge < -0.3 is 20.7 Å². The number of carbonyl (C=O) groups is 3. The molecule has 0 aliphatic rings. The van der Waals surface area contributed by atoms with E-state index >= 15 is 0 Å². The zero-order chi connectivity index (χ0) is 16.5. The van der Waals surface area contributed by atoms with E-state index in [9.17, 15) is 14.4 Å². The highest BCUT2D eigenvalue weighted by atomic mass is 16.5. The van der Waals surface area contributed by atoms with Crippen LogP contribution in [0.3, 0.4) is 0 Å². The second-order valence-corrected chi connectivity index (χ2v) is 4.58. The molecule has 9 heteroatoms. The van der Waals surface area contributed by atoms with Crippen LogP contribution in [0.5, 0.6) is 0 Å². The van der Waals surface area contributed by atoms with Crippen molar-refractivity contribution < 1.29 is 29.8 Å². The summed E-state index contributed by atoms with van der Waals surface area (Å²) in [6.07, 6.45) is 2.52. The SMILES string of the molecule is O=C(O)CC[C@H](NC(=O)[C@H](Cc1cccnc1)NO)C(=O)O. The van der Waals surface area contributed by atoms with Crippen LogP contribution in [0, 0.1) is 0 Å². The first kappa shape index (κ1) is 17.5. The highest BCUT2D eigenvalue weighted by Crippen LogP contribution is 2.04. The Hall–Kier alpha value is -2.52. The van der Waals surface area contributed by atoms with Crippen LogP contribution in [-0.2, 0) is 20.8 Å². The van der Waals surface area contributed by atoms with E-state index in [1.165, 1.54) is 6.20 Å². The number of carboxylic acids is 2. The molecule has 0 unspecified atom stereocenters. The summed E-state index contributed by atoms with van der Waals surface area (Å²) in [6, 6.07) is 0.947. The van der Waals surface area contributed by atoms with Crippen LogP contribution < -0.4 is 10.8 Å². The van der Waals surface area contributed by atoms with E-state index in [4.69, 9.17) is 15.4 Å². The Bertz CT molecular complexity index is 522. The monoisotopic (exact) mass is 311 g/mol. The van der Waals surface area contributed by atoms with Crippen LogP contribution in [0.15, 0.2) is 24.5 Å². The number of hydrogen-bond donors (Lipinski definition) is 5. The van der Waals surface area contributed by atoms with E-state index in [1.807, 2.05) is 5.48 Å². The van der Waals surface area contributed by atoms with Crippen molar-refractivity contribution in [1.82, 2.24) is 15.8 Å². The smallest absolute Gasteiger partial charge is 0.326 e. The number of hydroxylamine groups is 1. The van der Waals surface area contributed by atoms with Gasteiger partial charge in [-0.2, -0.15) is 5.48 Å². The highest BCUT2D eigenvalue weighted by molar-refractivity contribution is 5.87. The Morgan fingerprint density at radius 3 is 2.45 bits per heavy atom. The molecule has 0 aliphatic carbocycles. The largest absolute Gasteiger partial charge is 0.481 e. The molecule has 0 bridgehead atoms. The summed E-state index contributed by atoms with van der Waals surface area (Å²) in [5.74, 6) is -3.25. The zero-order valence-electron chi connectivity index (χ0n) is 11.6. The molecule has 0 saturated carbocycles. The van der Waals surface area contributed by atoms with Crippen molar-refractivity contribution in [2.45, 2.75) is 31.3 Å². The Labute approximate surface area is 125 Å². The van der Waals surface area contributed by atoms with Crippen molar-refractivity contribution in [1.29, 1.82) is 0 Å². The Kier molecular flexibility index (Phi) is 6.93. The summed E-state index contributed by atoms with van der Waals surface area (Å²) in [7, 11) is 0. The number of pyridine rings is 1. The third-order valence-electron chi connectivity index (χ3n) is 2.90. The summed E-state index contributed by atoms with van der Waals surface area (Å²) in [5.41, 5.74) is 2.48. The predicted molar refractivity (Wildman–Crippen MR) is 73.1 cm³/mol. The number of nitrogens with one attached hydrogen (secondary N) is 2. The molecule has 120 valence electrons. The first-order valence-corrected chi connectivity index (χ1v) is 6.47. The van der Waals surface area contributed by atoms with Crippen molar-refractivity contribution in [3.05, 3.63) is 30.1 Å². The van der Waals surface area contributed by atoms with E-state index in [-0.39, 0.29) is 12.8 Å². The molecule has 9 nitrogen and oxygen atoms in total. The molecule has 0 aliphatic heterocycles. The van der Waals surface area contributed by atoms with Crippen LogP contribution in [0.2, 0.25) is 0 Å². The van der Waals surface area contributed by atoms with Crippen molar-refractivity contribution in [3.8, 4) is 0 Å². The van der Waals surface area contributed by atoms with Crippen LogP contribution in [-0.4, -0.2) is 50.3 Å². The van der Waals surface area contributed by atoms with Crippen LogP contribution in [0.4, 0.5) is 0 Å². The summed E-state index contributed by atoms with van der Waals surface area (Å²) in [6.45, 7) is 0. The Morgan fingerprint density at radius 2 is 1.95 bits per heavy atom. The van der Waals surface area contributed by atoms with Crippen LogP contribution >= 0.6 is 0 Å². The average Bonchev–Trinajstić information content (AvgIpc) is 2.49. The maximum Gasteiger partial charge on any atom is 0.326 e. The molecular weight excluding hydrogens is 294 g/mol. The number of aromatic nitrogens is 1. The maximum atomic E-state index is 12.0. The summed E-state index contributed by atoms with van der Waals surface area (Å²) >= 11 is 0. The Balaban J connectivity index is 2.65. The van der Waals surface area contributed by atoms with Gasteiger partial charge in [-0.15, -0.1) is 0 Å². The maximum absolute atomic E-state index is 12.0. The fraction of sp³-hybridized carbons (Fsp3) is 0.385. The highest BCUT2D eigenvalue weighted by Gasteiger charge is 2.25. The van der Waals surface area contributed by atoms with Gasteiger partial charge in [0.25, 0.3) is 0 Å².